The molecule has 3 N–H and O–H groups in total. The van der Waals surface area contributed by atoms with Gasteiger partial charge in [-0.3, -0.25) is 24.6 Å². The molecule has 1 heterocycles. The summed E-state index contributed by atoms with van der Waals surface area (Å²) in [4.78, 5) is 37.7. The van der Waals surface area contributed by atoms with Crippen molar-refractivity contribution >= 4 is 17.7 Å². The van der Waals surface area contributed by atoms with Gasteiger partial charge in [-0.1, -0.05) is 0 Å². The summed E-state index contributed by atoms with van der Waals surface area (Å²) in [5, 5.41) is 2.23. The van der Waals surface area contributed by atoms with Crippen LogP contribution in [0.4, 0.5) is 0 Å². The van der Waals surface area contributed by atoms with Crippen LogP contribution in [0.5, 0.6) is 0 Å². The highest BCUT2D eigenvalue weighted by atomic mass is 16.2. The van der Waals surface area contributed by atoms with E-state index >= 15 is 0 Å². The number of hydrogen-bond acceptors (Lipinski definition) is 5. The summed E-state index contributed by atoms with van der Waals surface area (Å²) in [6.45, 7) is 2.93. The molecule has 1 atom stereocenters. The number of nitrogens with zero attached hydrogens (tertiary/aromatic N) is 2. The van der Waals surface area contributed by atoms with Crippen LogP contribution >= 0.6 is 0 Å². The van der Waals surface area contributed by atoms with E-state index in [0.29, 0.717) is 13.1 Å². The lowest BCUT2D eigenvalue weighted by Gasteiger charge is -2.32. The molecule has 1 fully saturated rings. The third-order valence-corrected chi connectivity index (χ3v) is 3.00. The van der Waals surface area contributed by atoms with Crippen LogP contribution in [0.15, 0.2) is 0 Å². The van der Waals surface area contributed by atoms with Crippen molar-refractivity contribution in [1.29, 1.82) is 0 Å². The number of likely N-dealkylation sites (N-methyl/N-ethyl adjacent to an activating group) is 1. The molecule has 0 bridgehead atoms. The topological polar surface area (TPSA) is 95.7 Å². The largest absolute Gasteiger partial charge is 0.345 e. The highest BCUT2D eigenvalue weighted by molar-refractivity contribution is 6.01. The molecule has 0 aliphatic carbocycles. The molecule has 7 nitrogen and oxygen atoms in total. The van der Waals surface area contributed by atoms with Crippen LogP contribution in [-0.2, 0) is 14.4 Å². The normalized spacial score (nSPS) is 20.7. The fourth-order valence-corrected chi connectivity index (χ4v) is 1.71. The molecular formula is C11H20N4O3. The second-order valence-electron chi connectivity index (χ2n) is 4.45. The van der Waals surface area contributed by atoms with Crippen molar-refractivity contribution in [3.63, 3.8) is 0 Å². The van der Waals surface area contributed by atoms with E-state index in [1.54, 1.807) is 23.8 Å². The fraction of sp³-hybridized carbons (Fsp3) is 0.727. The first-order chi connectivity index (χ1) is 8.45. The highest BCUT2D eigenvalue weighted by Gasteiger charge is 2.31. The Bertz CT molecular complexity index is 345. The molecule has 0 spiro atoms. The zero-order valence-electron chi connectivity index (χ0n) is 10.8. The fourth-order valence-electron chi connectivity index (χ4n) is 1.71. The Balaban J connectivity index is 2.52. The standard InChI is InChI=1S/C11H20N4O3/c1-8-11(18)13-9(16)6-15(8)7-10(17)14(2)5-3-4-12/h8H,3-7,12H2,1-2H3,(H,13,16,18). The first-order valence-corrected chi connectivity index (χ1v) is 5.97. The first-order valence-electron chi connectivity index (χ1n) is 5.97. The number of amides is 3. The monoisotopic (exact) mass is 256 g/mol. The number of carbonyl (C=O) groups excluding carboxylic acids is 3. The first kappa shape index (κ1) is 14.6. The van der Waals surface area contributed by atoms with Gasteiger partial charge in [-0.15, -0.1) is 0 Å². The van der Waals surface area contributed by atoms with Gasteiger partial charge in [-0.2, -0.15) is 0 Å². The molecule has 0 saturated carbocycles. The van der Waals surface area contributed by atoms with E-state index in [0.717, 1.165) is 6.42 Å². The van der Waals surface area contributed by atoms with E-state index in [4.69, 9.17) is 5.73 Å². The van der Waals surface area contributed by atoms with E-state index in [2.05, 4.69) is 5.32 Å². The Kier molecular flexibility index (Phi) is 5.24. The SMILES string of the molecule is CC1C(=O)NC(=O)CN1CC(=O)N(C)CCCN. The molecule has 1 rings (SSSR count). The third-order valence-electron chi connectivity index (χ3n) is 3.00. The molecule has 1 unspecified atom stereocenters. The van der Waals surface area contributed by atoms with Crippen LogP contribution in [0.1, 0.15) is 13.3 Å². The second-order valence-corrected chi connectivity index (χ2v) is 4.45. The van der Waals surface area contributed by atoms with Crippen molar-refractivity contribution in [2.75, 3.05) is 33.2 Å². The number of rotatable bonds is 5. The van der Waals surface area contributed by atoms with Crippen LogP contribution in [0.25, 0.3) is 0 Å². The van der Waals surface area contributed by atoms with Crippen molar-refractivity contribution in [3.8, 4) is 0 Å². The Morgan fingerprint density at radius 1 is 1.56 bits per heavy atom. The smallest absolute Gasteiger partial charge is 0.243 e. The van der Waals surface area contributed by atoms with Gasteiger partial charge in [0.2, 0.25) is 17.7 Å². The molecule has 1 aliphatic rings. The van der Waals surface area contributed by atoms with Gasteiger partial charge in [0.05, 0.1) is 19.1 Å². The molecular weight excluding hydrogens is 236 g/mol. The summed E-state index contributed by atoms with van der Waals surface area (Å²) in [6, 6.07) is -0.463. The molecule has 18 heavy (non-hydrogen) atoms. The minimum atomic E-state index is -0.463. The summed E-state index contributed by atoms with van der Waals surface area (Å²) in [7, 11) is 1.69. The molecule has 0 aromatic heterocycles. The molecule has 0 aromatic carbocycles. The van der Waals surface area contributed by atoms with Crippen molar-refractivity contribution in [2.24, 2.45) is 5.73 Å². The molecule has 0 aromatic rings. The summed E-state index contributed by atoms with van der Waals surface area (Å²) in [5.74, 6) is -0.836. The van der Waals surface area contributed by atoms with Gasteiger partial charge in [0.1, 0.15) is 0 Å². The lowest BCUT2D eigenvalue weighted by molar-refractivity contribution is -0.141. The van der Waals surface area contributed by atoms with Gasteiger partial charge < -0.3 is 10.6 Å². The zero-order chi connectivity index (χ0) is 13.7. The summed E-state index contributed by atoms with van der Waals surface area (Å²) < 4.78 is 0. The molecule has 1 saturated heterocycles. The van der Waals surface area contributed by atoms with Crippen molar-refractivity contribution in [3.05, 3.63) is 0 Å². The molecule has 0 radical (unpaired) electrons. The minimum absolute atomic E-state index is 0.0708. The van der Waals surface area contributed by atoms with E-state index in [1.807, 2.05) is 0 Å². The van der Waals surface area contributed by atoms with Crippen LogP contribution < -0.4 is 11.1 Å². The van der Waals surface area contributed by atoms with Gasteiger partial charge in [-0.25, -0.2) is 0 Å². The van der Waals surface area contributed by atoms with E-state index < -0.39 is 6.04 Å². The van der Waals surface area contributed by atoms with E-state index in [1.165, 1.54) is 0 Å². The highest BCUT2D eigenvalue weighted by Crippen LogP contribution is 2.05. The van der Waals surface area contributed by atoms with Gasteiger partial charge >= 0.3 is 0 Å². The van der Waals surface area contributed by atoms with Gasteiger partial charge in [0, 0.05) is 13.6 Å². The lowest BCUT2D eigenvalue weighted by atomic mass is 10.2. The van der Waals surface area contributed by atoms with Gasteiger partial charge in [0.25, 0.3) is 0 Å². The summed E-state index contributed by atoms with van der Waals surface area (Å²) in [5.41, 5.74) is 5.37. The van der Waals surface area contributed by atoms with Crippen molar-refractivity contribution < 1.29 is 14.4 Å². The Labute approximate surface area is 106 Å². The number of piperazine rings is 1. The van der Waals surface area contributed by atoms with E-state index in [9.17, 15) is 14.4 Å². The average Bonchev–Trinajstić information content (AvgIpc) is 2.32. The predicted octanol–water partition coefficient (Wildman–Crippen LogP) is -1.86. The minimum Gasteiger partial charge on any atom is -0.345 e. The molecule has 102 valence electrons. The van der Waals surface area contributed by atoms with Crippen LogP contribution in [-0.4, -0.2) is 66.8 Å². The van der Waals surface area contributed by atoms with Crippen LogP contribution in [0, 0.1) is 0 Å². The Hall–Kier alpha value is -1.47. The third kappa shape index (κ3) is 3.78. The zero-order valence-corrected chi connectivity index (χ0v) is 10.8. The van der Waals surface area contributed by atoms with Crippen molar-refractivity contribution in [2.45, 2.75) is 19.4 Å². The van der Waals surface area contributed by atoms with Crippen molar-refractivity contribution in [1.82, 2.24) is 15.1 Å². The molecule has 7 heteroatoms. The molecule has 3 amide bonds. The predicted molar refractivity (Wildman–Crippen MR) is 65.5 cm³/mol. The second kappa shape index (κ2) is 6.46. The Morgan fingerprint density at radius 2 is 2.22 bits per heavy atom. The van der Waals surface area contributed by atoms with Crippen LogP contribution in [0.3, 0.4) is 0 Å². The lowest BCUT2D eigenvalue weighted by Crippen LogP contribution is -2.58. The average molecular weight is 256 g/mol. The summed E-state index contributed by atoms with van der Waals surface area (Å²) >= 11 is 0. The van der Waals surface area contributed by atoms with Crippen LogP contribution in [0.2, 0.25) is 0 Å². The number of nitrogens with one attached hydrogen (secondary N) is 1. The maximum Gasteiger partial charge on any atom is 0.243 e. The number of imide groups is 1. The molecule has 1 aliphatic heterocycles. The van der Waals surface area contributed by atoms with E-state index in [-0.39, 0.29) is 30.8 Å². The number of nitrogens with two attached hydrogens (primary N) is 1. The Morgan fingerprint density at radius 3 is 2.83 bits per heavy atom. The maximum absolute atomic E-state index is 11.9. The maximum atomic E-state index is 11.9. The number of carbonyl (C=O) groups is 3. The summed E-state index contributed by atoms with van der Waals surface area (Å²) in [6.07, 6.45) is 0.733. The van der Waals surface area contributed by atoms with Gasteiger partial charge in [0.15, 0.2) is 0 Å². The number of hydrogen-bond donors (Lipinski definition) is 2. The quantitative estimate of drug-likeness (QED) is 0.562. The van der Waals surface area contributed by atoms with Gasteiger partial charge in [-0.05, 0) is 19.9 Å².